The number of pyridine rings is 1. The molecule has 4 aromatic rings. The summed E-state index contributed by atoms with van der Waals surface area (Å²) in [6.07, 6.45) is 1.78. The first-order chi connectivity index (χ1) is 14.2. The summed E-state index contributed by atoms with van der Waals surface area (Å²) >= 11 is 0. The number of anilines is 3. The van der Waals surface area contributed by atoms with Crippen LogP contribution in [0.5, 0.6) is 0 Å². The standard InChI is InChI=1S/C24H23N5/c1-17-11-12-20(14-18(17)2)27-23-15-22(19-8-4-3-5-9-19)28-24(29-23)26-16-21-10-6-7-13-25-21/h3-15H,16H2,1-2H3,(H2,26,27,28,29). The highest BCUT2D eigenvalue weighted by atomic mass is 15.1. The van der Waals surface area contributed by atoms with Gasteiger partial charge < -0.3 is 10.6 Å². The van der Waals surface area contributed by atoms with Crippen LogP contribution in [0.25, 0.3) is 11.3 Å². The number of benzene rings is 2. The number of nitrogens with zero attached hydrogens (tertiary/aromatic N) is 3. The van der Waals surface area contributed by atoms with Crippen LogP contribution in [0.2, 0.25) is 0 Å². The average Bonchev–Trinajstić information content (AvgIpc) is 2.76. The molecule has 2 aromatic carbocycles. The Morgan fingerprint density at radius 3 is 2.38 bits per heavy atom. The average molecular weight is 381 g/mol. The van der Waals surface area contributed by atoms with Crippen molar-refractivity contribution in [1.29, 1.82) is 0 Å². The fraction of sp³-hybridized carbons (Fsp3) is 0.125. The van der Waals surface area contributed by atoms with Crippen LogP contribution in [-0.2, 0) is 6.54 Å². The van der Waals surface area contributed by atoms with E-state index in [1.54, 1.807) is 6.20 Å². The second-order valence-electron chi connectivity index (χ2n) is 6.93. The van der Waals surface area contributed by atoms with Crippen molar-refractivity contribution in [2.24, 2.45) is 0 Å². The van der Waals surface area contributed by atoms with Crippen LogP contribution in [-0.4, -0.2) is 15.0 Å². The molecule has 144 valence electrons. The minimum absolute atomic E-state index is 0.558. The molecule has 2 N–H and O–H groups in total. The van der Waals surface area contributed by atoms with Crippen LogP contribution in [0.15, 0.2) is 79.0 Å². The maximum absolute atomic E-state index is 4.70. The summed E-state index contributed by atoms with van der Waals surface area (Å²) in [7, 11) is 0. The molecule has 2 aromatic heterocycles. The smallest absolute Gasteiger partial charge is 0.225 e. The van der Waals surface area contributed by atoms with E-state index in [-0.39, 0.29) is 0 Å². The van der Waals surface area contributed by atoms with Crippen molar-refractivity contribution in [2.75, 3.05) is 10.6 Å². The van der Waals surface area contributed by atoms with E-state index in [1.165, 1.54) is 11.1 Å². The van der Waals surface area contributed by atoms with E-state index in [9.17, 15) is 0 Å². The summed E-state index contributed by atoms with van der Waals surface area (Å²) in [5.41, 5.74) is 6.34. The quantitative estimate of drug-likeness (QED) is 0.461. The fourth-order valence-corrected chi connectivity index (χ4v) is 2.99. The molecule has 0 aliphatic carbocycles. The summed E-state index contributed by atoms with van der Waals surface area (Å²) in [6.45, 7) is 4.77. The lowest BCUT2D eigenvalue weighted by Crippen LogP contribution is -2.07. The summed E-state index contributed by atoms with van der Waals surface area (Å²) in [5, 5.41) is 6.71. The normalized spacial score (nSPS) is 10.6. The van der Waals surface area contributed by atoms with Gasteiger partial charge in [0.1, 0.15) is 5.82 Å². The fourth-order valence-electron chi connectivity index (χ4n) is 2.99. The Balaban J connectivity index is 1.64. The first-order valence-corrected chi connectivity index (χ1v) is 9.60. The first-order valence-electron chi connectivity index (χ1n) is 9.60. The Kier molecular flexibility index (Phi) is 5.47. The summed E-state index contributed by atoms with van der Waals surface area (Å²) in [4.78, 5) is 13.7. The van der Waals surface area contributed by atoms with Crippen molar-refractivity contribution < 1.29 is 0 Å². The van der Waals surface area contributed by atoms with Gasteiger partial charge >= 0.3 is 0 Å². The first kappa shape index (κ1) is 18.6. The molecule has 0 fully saturated rings. The number of rotatable bonds is 6. The van der Waals surface area contributed by atoms with Crippen molar-refractivity contribution in [2.45, 2.75) is 20.4 Å². The van der Waals surface area contributed by atoms with Crippen molar-refractivity contribution >= 4 is 17.5 Å². The largest absolute Gasteiger partial charge is 0.348 e. The van der Waals surface area contributed by atoms with Crippen LogP contribution in [0.1, 0.15) is 16.8 Å². The third kappa shape index (κ3) is 4.76. The van der Waals surface area contributed by atoms with Gasteiger partial charge in [-0.05, 0) is 49.2 Å². The predicted molar refractivity (Wildman–Crippen MR) is 118 cm³/mol. The Bertz CT molecular complexity index is 1090. The highest BCUT2D eigenvalue weighted by Crippen LogP contribution is 2.24. The van der Waals surface area contributed by atoms with E-state index in [4.69, 9.17) is 4.98 Å². The van der Waals surface area contributed by atoms with Crippen LogP contribution in [0.3, 0.4) is 0 Å². The molecule has 0 saturated heterocycles. The minimum atomic E-state index is 0.558. The van der Waals surface area contributed by atoms with E-state index in [2.05, 4.69) is 52.6 Å². The van der Waals surface area contributed by atoms with E-state index < -0.39 is 0 Å². The minimum Gasteiger partial charge on any atom is -0.348 e. The van der Waals surface area contributed by atoms with Gasteiger partial charge in [-0.1, -0.05) is 42.5 Å². The highest BCUT2D eigenvalue weighted by Gasteiger charge is 2.08. The van der Waals surface area contributed by atoms with Gasteiger partial charge in [0.25, 0.3) is 0 Å². The van der Waals surface area contributed by atoms with E-state index >= 15 is 0 Å². The van der Waals surface area contributed by atoms with Gasteiger partial charge in [0.2, 0.25) is 5.95 Å². The molecule has 29 heavy (non-hydrogen) atoms. The summed E-state index contributed by atoms with van der Waals surface area (Å²) in [6, 6.07) is 24.2. The zero-order valence-corrected chi connectivity index (χ0v) is 16.6. The number of hydrogen-bond acceptors (Lipinski definition) is 5. The van der Waals surface area contributed by atoms with Crippen molar-refractivity contribution in [3.05, 3.63) is 95.8 Å². The maximum atomic E-state index is 4.70. The lowest BCUT2D eigenvalue weighted by atomic mass is 10.1. The molecule has 0 aliphatic rings. The van der Waals surface area contributed by atoms with Gasteiger partial charge in [0.05, 0.1) is 17.9 Å². The Hall–Kier alpha value is -3.73. The molecule has 5 nitrogen and oxygen atoms in total. The lowest BCUT2D eigenvalue weighted by molar-refractivity contribution is 1.00. The number of nitrogens with one attached hydrogen (secondary N) is 2. The van der Waals surface area contributed by atoms with Crippen molar-refractivity contribution in [1.82, 2.24) is 15.0 Å². The van der Waals surface area contributed by atoms with E-state index in [1.807, 2.05) is 54.6 Å². The molecular formula is C24H23N5. The molecular weight excluding hydrogens is 358 g/mol. The molecule has 4 rings (SSSR count). The topological polar surface area (TPSA) is 62.7 Å². The van der Waals surface area contributed by atoms with E-state index in [0.29, 0.717) is 12.5 Å². The van der Waals surface area contributed by atoms with Gasteiger partial charge in [-0.15, -0.1) is 0 Å². The molecule has 5 heteroatoms. The maximum Gasteiger partial charge on any atom is 0.225 e. The highest BCUT2D eigenvalue weighted by molar-refractivity contribution is 5.67. The zero-order valence-electron chi connectivity index (χ0n) is 16.6. The summed E-state index contributed by atoms with van der Waals surface area (Å²) in [5.74, 6) is 1.30. The molecule has 0 atom stereocenters. The van der Waals surface area contributed by atoms with Crippen molar-refractivity contribution in [3.63, 3.8) is 0 Å². The van der Waals surface area contributed by atoms with Crippen LogP contribution < -0.4 is 10.6 Å². The summed E-state index contributed by atoms with van der Waals surface area (Å²) < 4.78 is 0. The van der Waals surface area contributed by atoms with Gasteiger partial charge in [-0.2, -0.15) is 4.98 Å². The number of aryl methyl sites for hydroxylation is 2. The number of hydrogen-bond donors (Lipinski definition) is 2. The molecule has 0 spiro atoms. The molecule has 0 aliphatic heterocycles. The molecule has 0 amide bonds. The Labute approximate surface area is 170 Å². The van der Waals surface area contributed by atoms with Crippen LogP contribution >= 0.6 is 0 Å². The molecule has 0 bridgehead atoms. The van der Waals surface area contributed by atoms with Gasteiger partial charge in [0.15, 0.2) is 0 Å². The van der Waals surface area contributed by atoms with E-state index in [0.717, 1.165) is 28.5 Å². The van der Waals surface area contributed by atoms with Gasteiger partial charge in [0, 0.05) is 23.5 Å². The second-order valence-corrected chi connectivity index (χ2v) is 6.93. The number of aromatic nitrogens is 3. The van der Waals surface area contributed by atoms with Gasteiger partial charge in [-0.3, -0.25) is 4.98 Å². The third-order valence-electron chi connectivity index (χ3n) is 4.73. The van der Waals surface area contributed by atoms with Gasteiger partial charge in [-0.25, -0.2) is 4.98 Å². The lowest BCUT2D eigenvalue weighted by Gasteiger charge is -2.12. The Morgan fingerprint density at radius 2 is 1.62 bits per heavy atom. The second kappa shape index (κ2) is 8.52. The Morgan fingerprint density at radius 1 is 0.793 bits per heavy atom. The van der Waals surface area contributed by atoms with Crippen molar-refractivity contribution in [3.8, 4) is 11.3 Å². The molecule has 0 saturated carbocycles. The monoisotopic (exact) mass is 381 g/mol. The zero-order chi connectivity index (χ0) is 20.1. The SMILES string of the molecule is Cc1ccc(Nc2cc(-c3ccccc3)nc(NCc3ccccn3)n2)cc1C. The molecule has 0 radical (unpaired) electrons. The molecule has 0 unspecified atom stereocenters. The predicted octanol–water partition coefficient (Wildman–Crippen LogP) is 5.51. The third-order valence-corrected chi connectivity index (χ3v) is 4.73. The van der Waals surface area contributed by atoms with Crippen LogP contribution in [0.4, 0.5) is 17.5 Å². The molecule has 2 heterocycles. The van der Waals surface area contributed by atoms with Crippen LogP contribution in [0, 0.1) is 13.8 Å².